The Morgan fingerprint density at radius 3 is 2.43 bits per heavy atom. The number of pyridine rings is 1. The number of carbonyl (C=O) groups is 1. The molecule has 0 saturated heterocycles. The van der Waals surface area contributed by atoms with Crippen molar-refractivity contribution in [2.24, 2.45) is 0 Å². The van der Waals surface area contributed by atoms with E-state index in [9.17, 15) is 4.79 Å². The maximum absolute atomic E-state index is 12.4. The lowest BCUT2D eigenvalue weighted by Crippen LogP contribution is -2.26. The number of hydrogen-bond acceptors (Lipinski definition) is 5. The molecule has 0 bridgehead atoms. The number of aromatic nitrogens is 1. The van der Waals surface area contributed by atoms with Crippen LogP contribution in [0.15, 0.2) is 79.1 Å². The lowest BCUT2D eigenvalue weighted by molar-refractivity contribution is -0.00407. The van der Waals surface area contributed by atoms with Gasteiger partial charge < -0.3 is 10.1 Å². The molecule has 1 heterocycles. The third-order valence-electron chi connectivity index (χ3n) is 4.01. The second-order valence-corrected chi connectivity index (χ2v) is 6.07. The van der Waals surface area contributed by atoms with Crippen LogP contribution in [0.25, 0.3) is 0 Å². The number of amides is 1. The Morgan fingerprint density at radius 2 is 1.61 bits per heavy atom. The third kappa shape index (κ3) is 6.19. The van der Waals surface area contributed by atoms with Gasteiger partial charge in [-0.05, 0) is 35.4 Å². The molecule has 3 rings (SSSR count). The van der Waals surface area contributed by atoms with Crippen molar-refractivity contribution in [3.63, 3.8) is 0 Å². The summed E-state index contributed by atoms with van der Waals surface area (Å²) in [7, 11) is 0. The Balaban J connectivity index is 1.41. The lowest BCUT2D eigenvalue weighted by Gasteiger charge is -2.12. The van der Waals surface area contributed by atoms with Crippen molar-refractivity contribution in [1.82, 2.24) is 10.5 Å². The van der Waals surface area contributed by atoms with E-state index in [0.717, 1.165) is 16.8 Å². The van der Waals surface area contributed by atoms with Crippen LogP contribution in [0, 0.1) is 0 Å². The second kappa shape index (κ2) is 10.8. The highest BCUT2D eigenvalue weighted by atomic mass is 16.7. The van der Waals surface area contributed by atoms with Crippen molar-refractivity contribution in [3.05, 3.63) is 95.8 Å². The van der Waals surface area contributed by atoms with E-state index >= 15 is 0 Å². The zero-order chi connectivity index (χ0) is 19.4. The van der Waals surface area contributed by atoms with E-state index in [0.29, 0.717) is 25.3 Å². The van der Waals surface area contributed by atoms with Gasteiger partial charge in [0, 0.05) is 24.6 Å². The van der Waals surface area contributed by atoms with E-state index in [1.165, 1.54) is 0 Å². The van der Waals surface area contributed by atoms with Crippen LogP contribution >= 0.6 is 0 Å². The fraction of sp³-hybridized carbons (Fsp3) is 0.182. The standard InChI is InChI=1S/C22H23N3O3/c26-22(25-28-15-14-27-17-19-6-2-1-3-7-19)20-8-4-5-9-21(20)24-16-18-10-12-23-13-11-18/h1-13,24H,14-17H2,(H,25,26). The van der Waals surface area contributed by atoms with Crippen molar-refractivity contribution < 1.29 is 14.4 Å². The Labute approximate surface area is 164 Å². The molecule has 2 aromatic carbocycles. The predicted molar refractivity (Wildman–Crippen MR) is 108 cm³/mol. The summed E-state index contributed by atoms with van der Waals surface area (Å²) < 4.78 is 5.52. The highest BCUT2D eigenvalue weighted by molar-refractivity contribution is 5.98. The Kier molecular flexibility index (Phi) is 7.55. The number of benzene rings is 2. The first kappa shape index (κ1) is 19.5. The molecule has 0 aliphatic rings. The van der Waals surface area contributed by atoms with Gasteiger partial charge in [-0.1, -0.05) is 42.5 Å². The molecule has 0 radical (unpaired) electrons. The van der Waals surface area contributed by atoms with Gasteiger partial charge in [-0.25, -0.2) is 5.48 Å². The Morgan fingerprint density at radius 1 is 0.857 bits per heavy atom. The fourth-order valence-electron chi connectivity index (χ4n) is 2.57. The van der Waals surface area contributed by atoms with Gasteiger partial charge in [-0.15, -0.1) is 0 Å². The number of hydroxylamine groups is 1. The monoisotopic (exact) mass is 377 g/mol. The molecule has 6 heteroatoms. The number of hydrogen-bond donors (Lipinski definition) is 2. The molecular weight excluding hydrogens is 354 g/mol. The molecule has 2 N–H and O–H groups in total. The van der Waals surface area contributed by atoms with Crippen LogP contribution in [-0.4, -0.2) is 24.1 Å². The summed E-state index contributed by atoms with van der Waals surface area (Å²) in [6.07, 6.45) is 3.48. The molecule has 0 atom stereocenters. The fourth-order valence-corrected chi connectivity index (χ4v) is 2.57. The van der Waals surface area contributed by atoms with E-state index in [2.05, 4.69) is 15.8 Å². The Hall–Kier alpha value is -3.22. The van der Waals surface area contributed by atoms with Gasteiger partial charge >= 0.3 is 0 Å². The minimum Gasteiger partial charge on any atom is -0.380 e. The molecule has 0 aliphatic carbocycles. The lowest BCUT2D eigenvalue weighted by atomic mass is 10.1. The smallest absolute Gasteiger partial charge is 0.276 e. The van der Waals surface area contributed by atoms with Crippen molar-refractivity contribution in [1.29, 1.82) is 0 Å². The van der Waals surface area contributed by atoms with Crippen LogP contribution in [-0.2, 0) is 22.7 Å². The second-order valence-electron chi connectivity index (χ2n) is 6.07. The first-order valence-corrected chi connectivity index (χ1v) is 9.08. The minimum atomic E-state index is -0.305. The average molecular weight is 377 g/mol. The van der Waals surface area contributed by atoms with E-state index < -0.39 is 0 Å². The van der Waals surface area contributed by atoms with Gasteiger partial charge in [0.05, 0.1) is 25.4 Å². The molecule has 28 heavy (non-hydrogen) atoms. The van der Waals surface area contributed by atoms with Gasteiger partial charge in [0.2, 0.25) is 0 Å². The largest absolute Gasteiger partial charge is 0.380 e. The molecule has 6 nitrogen and oxygen atoms in total. The quantitative estimate of drug-likeness (QED) is 0.417. The number of nitrogens with one attached hydrogen (secondary N) is 2. The SMILES string of the molecule is O=C(NOCCOCc1ccccc1)c1ccccc1NCc1ccncc1. The van der Waals surface area contributed by atoms with Gasteiger partial charge in [0.1, 0.15) is 0 Å². The highest BCUT2D eigenvalue weighted by Gasteiger charge is 2.10. The van der Waals surface area contributed by atoms with Gasteiger partial charge in [0.25, 0.3) is 5.91 Å². The number of rotatable bonds is 10. The number of anilines is 1. The first-order chi connectivity index (χ1) is 13.8. The summed E-state index contributed by atoms with van der Waals surface area (Å²) in [6.45, 7) is 1.77. The van der Waals surface area contributed by atoms with E-state index in [4.69, 9.17) is 9.57 Å². The molecular formula is C22H23N3O3. The van der Waals surface area contributed by atoms with E-state index in [1.807, 2.05) is 60.7 Å². The van der Waals surface area contributed by atoms with Crippen molar-refractivity contribution in [2.75, 3.05) is 18.5 Å². The predicted octanol–water partition coefficient (Wildman–Crippen LogP) is 3.57. The summed E-state index contributed by atoms with van der Waals surface area (Å²) in [4.78, 5) is 21.6. The number of carbonyl (C=O) groups excluding carboxylic acids is 1. The van der Waals surface area contributed by atoms with Crippen molar-refractivity contribution in [2.45, 2.75) is 13.2 Å². The molecule has 0 aliphatic heterocycles. The van der Waals surface area contributed by atoms with Gasteiger partial charge in [-0.3, -0.25) is 14.6 Å². The molecule has 0 spiro atoms. The molecule has 3 aromatic rings. The maximum atomic E-state index is 12.4. The number of nitrogens with zero attached hydrogens (tertiary/aromatic N) is 1. The normalized spacial score (nSPS) is 10.4. The zero-order valence-corrected chi connectivity index (χ0v) is 15.5. The summed E-state index contributed by atoms with van der Waals surface area (Å²) >= 11 is 0. The zero-order valence-electron chi connectivity index (χ0n) is 15.5. The van der Waals surface area contributed by atoms with Crippen LogP contribution in [0.3, 0.4) is 0 Å². The topological polar surface area (TPSA) is 72.5 Å². The first-order valence-electron chi connectivity index (χ1n) is 9.08. The molecule has 1 amide bonds. The Bertz CT molecular complexity index is 857. The van der Waals surface area contributed by atoms with Crippen LogP contribution in [0.2, 0.25) is 0 Å². The van der Waals surface area contributed by atoms with Crippen LogP contribution in [0.4, 0.5) is 5.69 Å². The maximum Gasteiger partial charge on any atom is 0.276 e. The van der Waals surface area contributed by atoms with Crippen LogP contribution in [0.1, 0.15) is 21.5 Å². The van der Waals surface area contributed by atoms with E-state index in [1.54, 1.807) is 18.5 Å². The van der Waals surface area contributed by atoms with Crippen molar-refractivity contribution in [3.8, 4) is 0 Å². The number of para-hydroxylation sites is 1. The summed E-state index contributed by atoms with van der Waals surface area (Å²) in [5.74, 6) is -0.305. The molecule has 144 valence electrons. The summed E-state index contributed by atoms with van der Waals surface area (Å²) in [6, 6.07) is 21.1. The molecule has 1 aromatic heterocycles. The average Bonchev–Trinajstić information content (AvgIpc) is 2.76. The van der Waals surface area contributed by atoms with Gasteiger partial charge in [0.15, 0.2) is 0 Å². The molecule has 0 saturated carbocycles. The van der Waals surface area contributed by atoms with Crippen LogP contribution in [0.5, 0.6) is 0 Å². The summed E-state index contributed by atoms with van der Waals surface area (Å²) in [5.41, 5.74) is 5.90. The minimum absolute atomic E-state index is 0.269. The molecule has 0 unspecified atom stereocenters. The highest BCUT2D eigenvalue weighted by Crippen LogP contribution is 2.16. The van der Waals surface area contributed by atoms with Crippen LogP contribution < -0.4 is 10.8 Å². The van der Waals surface area contributed by atoms with E-state index in [-0.39, 0.29) is 12.5 Å². The van der Waals surface area contributed by atoms with Gasteiger partial charge in [-0.2, -0.15) is 0 Å². The summed E-state index contributed by atoms with van der Waals surface area (Å²) in [5, 5.41) is 3.27. The molecule has 0 fully saturated rings. The number of ether oxygens (including phenoxy) is 1. The third-order valence-corrected chi connectivity index (χ3v) is 4.01. The van der Waals surface area contributed by atoms with Crippen molar-refractivity contribution >= 4 is 11.6 Å².